The van der Waals surface area contributed by atoms with E-state index in [0.29, 0.717) is 58.2 Å². The van der Waals surface area contributed by atoms with E-state index in [4.69, 9.17) is 23.7 Å². The van der Waals surface area contributed by atoms with Gasteiger partial charge in [-0.15, -0.1) is 18.3 Å². The number of methoxy groups -OCH3 is 1. The van der Waals surface area contributed by atoms with E-state index in [0.717, 1.165) is 11.1 Å². The Morgan fingerprint density at radius 2 is 1.96 bits per heavy atom. The summed E-state index contributed by atoms with van der Waals surface area (Å²) in [5, 5.41) is 25.3. The molecule has 50 heavy (non-hydrogen) atoms. The highest BCUT2D eigenvalue weighted by Crippen LogP contribution is 2.64. The summed E-state index contributed by atoms with van der Waals surface area (Å²) in [5.41, 5.74) is 4.23. The lowest BCUT2D eigenvalue weighted by Crippen LogP contribution is -2.70. The Morgan fingerprint density at radius 1 is 1.20 bits per heavy atom. The monoisotopic (exact) mass is 704 g/mol. The number of hydrogen-bond acceptors (Lipinski definition) is 13. The first kappa shape index (κ1) is 34.0. The predicted molar refractivity (Wildman–Crippen MR) is 181 cm³/mol. The Morgan fingerprint density at radius 3 is 2.64 bits per heavy atom. The molecule has 5 aliphatic heterocycles. The number of carbonyl (C=O) groups excluding carboxylic acids is 3. The Labute approximate surface area is 294 Å². The number of benzene rings is 2. The van der Waals surface area contributed by atoms with Crippen LogP contribution >= 0.6 is 11.8 Å². The molecule has 0 aromatic heterocycles. The second kappa shape index (κ2) is 13.0. The van der Waals surface area contributed by atoms with Crippen LogP contribution in [0, 0.1) is 25.2 Å². The number of nitriles is 1. The van der Waals surface area contributed by atoms with Gasteiger partial charge in [0.1, 0.15) is 24.4 Å². The van der Waals surface area contributed by atoms with Gasteiger partial charge >= 0.3 is 11.9 Å². The number of aryl methyl sites for hydroxylation is 1. The van der Waals surface area contributed by atoms with Crippen LogP contribution in [0.2, 0.25) is 0 Å². The maximum Gasteiger partial charge on any atom is 0.329 e. The average molecular weight is 705 g/mol. The number of esters is 2. The zero-order chi connectivity index (χ0) is 35.6. The highest BCUT2D eigenvalue weighted by atomic mass is 32.2. The van der Waals surface area contributed by atoms with Crippen molar-refractivity contribution in [2.75, 3.05) is 32.8 Å². The summed E-state index contributed by atoms with van der Waals surface area (Å²) in [5.74, 6) is 0.266. The molecule has 0 saturated carbocycles. The van der Waals surface area contributed by atoms with Crippen LogP contribution in [-0.2, 0) is 25.5 Å². The van der Waals surface area contributed by atoms with Gasteiger partial charge in [0.15, 0.2) is 23.0 Å². The highest BCUT2D eigenvalue weighted by Gasteiger charge is 2.61. The van der Waals surface area contributed by atoms with E-state index in [1.54, 1.807) is 19.9 Å². The third-order valence-electron chi connectivity index (χ3n) is 10.5. The van der Waals surface area contributed by atoms with E-state index in [9.17, 15) is 24.8 Å². The third-order valence-corrected chi connectivity index (χ3v) is 11.9. The van der Waals surface area contributed by atoms with Gasteiger partial charge in [0, 0.05) is 60.0 Å². The molecular formula is C36H40N4O9S. The second-order valence-corrected chi connectivity index (χ2v) is 14.3. The smallest absolute Gasteiger partial charge is 0.329 e. The lowest BCUT2D eigenvalue weighted by Gasteiger charge is -2.62. The van der Waals surface area contributed by atoms with Gasteiger partial charge in [0.05, 0.1) is 30.5 Å². The van der Waals surface area contributed by atoms with Crippen molar-refractivity contribution in [1.82, 2.24) is 15.1 Å². The van der Waals surface area contributed by atoms with Crippen LogP contribution in [0.5, 0.6) is 28.7 Å². The van der Waals surface area contributed by atoms with Crippen LogP contribution in [0.1, 0.15) is 71.0 Å². The molecule has 0 radical (unpaired) electrons. The first-order chi connectivity index (χ1) is 24.1. The van der Waals surface area contributed by atoms with Crippen LogP contribution in [0.15, 0.2) is 18.7 Å². The van der Waals surface area contributed by atoms with Crippen molar-refractivity contribution in [1.29, 1.82) is 5.26 Å². The molecule has 264 valence electrons. The van der Waals surface area contributed by atoms with E-state index in [-0.39, 0.29) is 43.3 Å². The van der Waals surface area contributed by atoms with Crippen molar-refractivity contribution in [2.24, 2.45) is 0 Å². The summed E-state index contributed by atoms with van der Waals surface area (Å²) in [6.07, 6.45) is 2.44. The van der Waals surface area contributed by atoms with E-state index in [1.807, 2.05) is 13.0 Å². The number of hydrogen-bond donors (Lipinski definition) is 2. The van der Waals surface area contributed by atoms with E-state index >= 15 is 0 Å². The number of fused-ring (bicyclic) bond motifs is 9. The van der Waals surface area contributed by atoms with Crippen molar-refractivity contribution in [3.63, 3.8) is 0 Å². The van der Waals surface area contributed by atoms with Crippen molar-refractivity contribution in [2.45, 2.75) is 82.0 Å². The summed E-state index contributed by atoms with van der Waals surface area (Å²) in [6, 6.07) is 0.821. The molecule has 7 rings (SSSR count). The fraction of sp³-hybridized carbons (Fsp3) is 0.500. The number of phenols is 1. The van der Waals surface area contributed by atoms with Gasteiger partial charge < -0.3 is 34.1 Å². The largest absolute Gasteiger partial charge is 0.504 e. The van der Waals surface area contributed by atoms with Crippen LogP contribution in [0.4, 0.5) is 0 Å². The Bertz CT molecular complexity index is 1840. The van der Waals surface area contributed by atoms with E-state index in [1.165, 1.54) is 25.8 Å². The van der Waals surface area contributed by atoms with Crippen molar-refractivity contribution in [3.05, 3.63) is 52.1 Å². The summed E-state index contributed by atoms with van der Waals surface area (Å²) in [7, 11) is 1.52. The normalized spacial score (nSPS) is 27.9. The zero-order valence-electron chi connectivity index (χ0n) is 28.6. The molecular weight excluding hydrogens is 664 g/mol. The maximum absolute atomic E-state index is 13.6. The molecule has 2 unspecified atom stereocenters. The van der Waals surface area contributed by atoms with Gasteiger partial charge in [-0.25, -0.2) is 4.79 Å². The number of nitrogens with one attached hydrogen (secondary N) is 1. The average Bonchev–Trinajstić information content (AvgIpc) is 3.58. The number of nitrogens with zero attached hydrogens (tertiary/aromatic N) is 3. The number of cyclic esters (lactones) is 1. The molecule has 5 aliphatic rings. The van der Waals surface area contributed by atoms with Gasteiger partial charge in [0.25, 0.3) is 0 Å². The fourth-order valence-corrected chi connectivity index (χ4v) is 10.1. The molecule has 2 fully saturated rings. The minimum atomic E-state index is -0.960. The predicted octanol–water partition coefficient (Wildman–Crippen LogP) is 3.68. The Hall–Kier alpha value is -4.45. The Balaban J connectivity index is 1.55. The number of thioether (sulfide) groups is 1. The standard InChI is InChI=1S/C36H40N4O9S/c1-7-9-39-21-11-19-10-16(3)31(45-6)30(43)25(19)28(39)29-35-27-26(34-33(47-15-48-34)17(4)32(27)49-18(5)41)23(40(29)22(21)12-37)13-46-36(44)20(14-50-35)38-24(42)8-2/h7,10,20-23,28-29,35,43H,1,8-9,11,13-15H2,2-6H3,(H,38,42)/t20?,21-,22-,23-,28+,29?,35+/m0/s1. The first-order valence-electron chi connectivity index (χ1n) is 16.7. The van der Waals surface area contributed by atoms with Crippen LogP contribution in [-0.4, -0.2) is 89.7 Å². The Kier molecular flexibility index (Phi) is 8.86. The minimum Gasteiger partial charge on any atom is -0.504 e. The molecule has 7 atom stereocenters. The number of ether oxygens (including phenoxy) is 5. The first-order valence-corrected chi connectivity index (χ1v) is 17.8. The third kappa shape index (κ3) is 5.08. The minimum absolute atomic E-state index is 0.0233. The number of carbonyl (C=O) groups is 3. The molecule has 1 amide bonds. The molecule has 2 saturated heterocycles. The van der Waals surface area contributed by atoms with Crippen LogP contribution in [0.3, 0.4) is 0 Å². The number of phenolic OH excluding ortho intramolecular Hbond substituents is 1. The van der Waals surface area contributed by atoms with E-state index < -0.39 is 47.4 Å². The number of piperazine rings is 1. The van der Waals surface area contributed by atoms with Gasteiger partial charge in [0.2, 0.25) is 12.7 Å². The molecule has 5 heterocycles. The molecule has 13 nitrogen and oxygen atoms in total. The van der Waals surface area contributed by atoms with Gasteiger partial charge in [-0.05, 0) is 31.4 Å². The summed E-state index contributed by atoms with van der Waals surface area (Å²) in [6.45, 7) is 10.9. The maximum atomic E-state index is 13.6. The summed E-state index contributed by atoms with van der Waals surface area (Å²) >= 11 is 1.40. The van der Waals surface area contributed by atoms with E-state index in [2.05, 4.69) is 27.8 Å². The molecule has 14 heteroatoms. The van der Waals surface area contributed by atoms with Gasteiger partial charge in [-0.1, -0.05) is 19.1 Å². The molecule has 0 spiro atoms. The van der Waals surface area contributed by atoms with Crippen molar-refractivity contribution < 1.29 is 43.2 Å². The van der Waals surface area contributed by atoms with Gasteiger partial charge in [-0.3, -0.25) is 19.4 Å². The topological polar surface area (TPSA) is 160 Å². The summed E-state index contributed by atoms with van der Waals surface area (Å²) < 4.78 is 29.8. The van der Waals surface area contributed by atoms with Crippen molar-refractivity contribution in [3.8, 4) is 34.8 Å². The van der Waals surface area contributed by atoms with Crippen LogP contribution in [0.25, 0.3) is 0 Å². The molecule has 2 aromatic rings. The zero-order valence-corrected chi connectivity index (χ0v) is 29.4. The van der Waals surface area contributed by atoms with Gasteiger partial charge in [-0.2, -0.15) is 5.26 Å². The molecule has 0 aliphatic carbocycles. The SMILES string of the molecule is C=CCN1[C@@H]2c3c(cc(C)c(OC)c3O)C[C@H]1[C@H](C#N)N1C2[C@@H]2SCC(NC(=O)CC)C(=O)OC[C@H]1c1c3c(c(C)c(OC(C)=O)c12)OCO3. The lowest BCUT2D eigenvalue weighted by molar-refractivity contribution is -0.153. The molecule has 2 aromatic carbocycles. The number of aromatic hydroxyl groups is 1. The van der Waals surface area contributed by atoms with Crippen LogP contribution < -0.4 is 24.3 Å². The van der Waals surface area contributed by atoms with Crippen molar-refractivity contribution >= 4 is 29.6 Å². The second-order valence-electron chi connectivity index (χ2n) is 13.2. The number of rotatable bonds is 6. The summed E-state index contributed by atoms with van der Waals surface area (Å²) in [4.78, 5) is 43.3. The lowest BCUT2D eigenvalue weighted by atomic mass is 9.71. The number of amides is 1. The molecule has 2 N–H and O–H groups in total. The molecule has 4 bridgehead atoms. The highest BCUT2D eigenvalue weighted by molar-refractivity contribution is 7.99. The quantitative estimate of drug-likeness (QED) is 0.255. The fourth-order valence-electron chi connectivity index (χ4n) is 8.61.